The number of benzene rings is 5. The van der Waals surface area contributed by atoms with E-state index in [9.17, 15) is 42.3 Å². The first-order chi connectivity index (χ1) is 71.6. The van der Waals surface area contributed by atoms with Crippen LogP contribution in [0.5, 0.6) is 0 Å². The van der Waals surface area contributed by atoms with Crippen molar-refractivity contribution in [1.82, 2.24) is 105 Å². The number of carbonyl (C=O) groups is 5. The molecule has 772 valence electrons. The van der Waals surface area contributed by atoms with Crippen molar-refractivity contribution in [3.05, 3.63) is 157 Å². The molecule has 0 bridgehead atoms. The zero-order valence-electron chi connectivity index (χ0n) is 82.6. The fraction of sp³-hybridized carbons (Fsp3) is 0.343. The number of hydrogen-bond donors (Lipinski definition) is 11. The third-order valence-electron chi connectivity index (χ3n) is 23.6. The Bertz CT molecular complexity index is 7440. The van der Waals surface area contributed by atoms with Crippen molar-refractivity contribution in [2.45, 2.75) is 73.5 Å². The number of carbonyl (C=O) groups excluding carboxylic acids is 5. The largest absolute Gasteiger partial charge is 0.444 e. The summed E-state index contributed by atoms with van der Waals surface area (Å²) >= 11 is 0. The van der Waals surface area contributed by atoms with Crippen LogP contribution in [0, 0.1) is 28.8 Å². The van der Waals surface area contributed by atoms with E-state index in [1.807, 2.05) is 111 Å². The third-order valence-corrected chi connectivity index (χ3v) is 23.6. The minimum Gasteiger partial charge on any atom is -0.444 e. The molecule has 21 rings (SSSR count). The molecule has 6 aliphatic heterocycles. The predicted octanol–water partition coefficient (Wildman–Crippen LogP) is 8.84. The maximum atomic E-state index is 13.5. The zero-order valence-corrected chi connectivity index (χ0v) is 82.6. The number of nitrogens with one attached hydrogen (secondary N) is 5. The van der Waals surface area contributed by atoms with Gasteiger partial charge in [0.1, 0.15) is 11.6 Å². The van der Waals surface area contributed by atoms with E-state index < -0.39 is 53.1 Å². The average molecular weight is 2040 g/mol. The van der Waals surface area contributed by atoms with Crippen molar-refractivity contribution in [3.63, 3.8) is 0 Å². The fourth-order valence-corrected chi connectivity index (χ4v) is 16.0. The lowest BCUT2D eigenvalue weighted by Gasteiger charge is -2.28. The zero-order chi connectivity index (χ0) is 105. The van der Waals surface area contributed by atoms with Crippen LogP contribution in [0.1, 0.15) is 61.0 Å². The van der Waals surface area contributed by atoms with Crippen LogP contribution in [0.2, 0.25) is 0 Å². The van der Waals surface area contributed by atoms with E-state index in [0.717, 1.165) is 57.0 Å². The summed E-state index contributed by atoms with van der Waals surface area (Å²) in [6, 6.07) is 28.3. The molecule has 149 heavy (non-hydrogen) atoms. The Morgan fingerprint density at radius 1 is 0.396 bits per heavy atom. The molecule has 6 aliphatic rings. The van der Waals surface area contributed by atoms with Gasteiger partial charge in [-0.25, -0.2) is 67.8 Å². The smallest absolute Gasteiger partial charge is 0.408 e. The van der Waals surface area contributed by atoms with E-state index in [4.69, 9.17) is 77.0 Å². The van der Waals surface area contributed by atoms with E-state index in [-0.39, 0.29) is 70.3 Å². The highest BCUT2D eigenvalue weighted by atomic mass is 19.2. The number of amides is 5. The van der Waals surface area contributed by atoms with Gasteiger partial charge in [-0.2, -0.15) is 49.8 Å². The van der Waals surface area contributed by atoms with Crippen LogP contribution in [-0.4, -0.2) is 284 Å². The Kier molecular flexibility index (Phi) is 31.7. The van der Waals surface area contributed by atoms with Gasteiger partial charge in [-0.3, -0.25) is 19.2 Å². The molecular weight excluding hydrogens is 1930 g/mol. The first-order valence-electron chi connectivity index (χ1n) is 47.7. The summed E-state index contributed by atoms with van der Waals surface area (Å²) in [6.45, 7) is 26.6. The fourth-order valence-electron chi connectivity index (χ4n) is 16.0. The predicted molar refractivity (Wildman–Crippen MR) is 553 cm³/mol. The maximum Gasteiger partial charge on any atom is 0.408 e. The molecule has 5 saturated heterocycles. The van der Waals surface area contributed by atoms with E-state index >= 15 is 0 Å². The topological polar surface area (TPSA) is 625 Å². The average Bonchev–Trinajstić information content (AvgIpc) is 1.77. The molecule has 0 spiro atoms. The van der Waals surface area contributed by atoms with E-state index in [0.29, 0.717) is 246 Å². The van der Waals surface area contributed by atoms with Crippen molar-refractivity contribution in [2.24, 2.45) is 11.3 Å². The molecule has 5 amide bonds. The number of alkyl carbamates (subject to hydrolysis) is 1. The Balaban J connectivity index is 0.000000128. The number of aliphatic hydroxyl groups excluding tert-OH is 1. The number of fused-ring (bicyclic) bond motifs is 6. The monoisotopic (exact) mass is 2040 g/mol. The standard InChI is InChI=1S/C24H30N8O5.C21H25N7O2.C20H23N7O2.C18H17N7O2.C16H13F3N6O/c1-24(2,3)37-23(35)29-17(13-33)21(34)27-15-6-4-14(5-7-15)16-12-26-19-18(28-16)20(31-22(25)30-19)32-8-10-36-11-9-32;1-21(2,3)19(29)24-14-6-4-13(5-7-14)15-12-23-17-16(25-15)18(27-20(22)26-17)28-8-10-30-11-9-28;1-12(2)19(28)23-14-5-3-13(4-6-14)15-11-22-17-16(24-15)18(26-20(21)25-17)27-7-9-29-10-8-27;19-18-23-16-15(17(24-18)25-3-5-27-6-4-25)22-13(9-20-16)10-1-2-12-11(7-10)8-14(26)21-12;17-9-5-8(6-10(18)12(9)19)11-7-21-14-13(22-11)15(24-16(20)23-14)25-1-3-26-4-2-25/h4-7,12,17,33H,8-11,13H2,1-3H3,(H,27,34)(H,29,35)(H2,25,26,30,31);4-7,12H,8-11H2,1-3H3,(H,24,29)(H2,22,23,26,27);3-6,11-12H,7-10H2,1-2H3,(H,23,28)(H2,21,22,25,26);1-2,7,9H,3-6,8H2,(H,21,26)(H2,19,20,23,24);5-7H,1-4H2,(H2,20,21,23,24)/t17-;;;;/m0..../s1. The van der Waals surface area contributed by atoms with E-state index in [2.05, 4.69) is 121 Å². The normalized spacial score (nSPS) is 15.0. The highest BCUT2D eigenvalue weighted by molar-refractivity contribution is 6.01. The van der Waals surface area contributed by atoms with Crippen molar-refractivity contribution >= 4 is 167 Å². The number of anilines is 14. The summed E-state index contributed by atoms with van der Waals surface area (Å²) in [5.74, 6) is -1.08. The number of hydrogen-bond acceptors (Lipinski definition) is 42. The van der Waals surface area contributed by atoms with Gasteiger partial charge in [-0.15, -0.1) is 0 Å². The number of nitrogens with zero attached hydrogens (tertiary/aromatic N) is 25. The SMILES string of the molecule is CC(C)(C)C(=O)Nc1ccc(-c2cnc3nc(N)nc(N4CCOCC4)c3n2)cc1.CC(C)(C)OC(=O)N[C@@H](CO)C(=O)Nc1ccc(-c2cnc3nc(N)nc(N4CCOCC4)c3n2)cc1.CC(C)C(=O)Nc1ccc(-c2cnc3nc(N)nc(N4CCOCC4)c3n2)cc1.Nc1nc(N2CCOCC2)c2nc(-c3cc(F)c(F)c(F)c3)cnc2n1.Nc1nc(N2CCOCC2)c2nc(-c3ccc4c(c3)CC(=O)N4)cnc2n1. The van der Waals surface area contributed by atoms with Gasteiger partial charge in [-0.1, -0.05) is 77.1 Å². The van der Waals surface area contributed by atoms with Gasteiger partial charge >= 0.3 is 6.09 Å². The second-order valence-electron chi connectivity index (χ2n) is 37.0. The highest BCUT2D eigenvalue weighted by Crippen LogP contribution is 2.37. The van der Waals surface area contributed by atoms with Crippen molar-refractivity contribution < 1.29 is 70.7 Å². The number of nitrogens with two attached hydrogens (primary N) is 5. The van der Waals surface area contributed by atoms with E-state index in [1.54, 1.807) is 69.8 Å². The first kappa shape index (κ1) is 103. The summed E-state index contributed by atoms with van der Waals surface area (Å²) in [6.07, 6.45) is 7.48. The lowest BCUT2D eigenvalue weighted by atomic mass is 9.95. The number of halogens is 3. The number of nitrogen functional groups attached to an aromatic ring is 5. The molecule has 16 N–H and O–H groups in total. The summed E-state index contributed by atoms with van der Waals surface area (Å²) in [5, 5.41) is 23.2. The Labute approximate surface area is 849 Å². The summed E-state index contributed by atoms with van der Waals surface area (Å²) in [5.41, 5.74) is 42.9. The molecule has 5 fully saturated rings. The van der Waals surface area contributed by atoms with Gasteiger partial charge in [0.05, 0.1) is 139 Å². The number of ether oxygens (including phenoxy) is 6. The summed E-state index contributed by atoms with van der Waals surface area (Å²) < 4.78 is 72.4. The molecule has 0 saturated carbocycles. The minimum absolute atomic E-state index is 0.00484. The van der Waals surface area contributed by atoms with Gasteiger partial charge in [0.15, 0.2) is 102 Å². The molecule has 0 radical (unpaired) electrons. The van der Waals surface area contributed by atoms with Gasteiger partial charge < -0.3 is 113 Å². The lowest BCUT2D eigenvalue weighted by molar-refractivity contribution is -0.123. The molecule has 5 aromatic carbocycles. The van der Waals surface area contributed by atoms with Crippen molar-refractivity contribution in [3.8, 4) is 56.3 Å². The Morgan fingerprint density at radius 3 is 0.980 bits per heavy atom. The van der Waals surface area contributed by atoms with Gasteiger partial charge in [0.25, 0.3) is 0 Å². The van der Waals surface area contributed by atoms with Crippen LogP contribution in [0.25, 0.3) is 112 Å². The number of morpholine rings is 5. The van der Waals surface area contributed by atoms with E-state index in [1.165, 1.54) is 6.20 Å². The molecule has 0 unspecified atom stereocenters. The molecule has 15 aromatic rings. The minimum atomic E-state index is -1.53. The lowest BCUT2D eigenvalue weighted by Crippen LogP contribution is -2.47. The first-order valence-corrected chi connectivity index (χ1v) is 47.7. The third kappa shape index (κ3) is 25.5. The van der Waals surface area contributed by atoms with Gasteiger partial charge in [0.2, 0.25) is 53.4 Å². The van der Waals surface area contributed by atoms with Crippen LogP contribution in [0.4, 0.5) is 99.5 Å². The van der Waals surface area contributed by atoms with Crippen LogP contribution in [0.3, 0.4) is 0 Å². The highest BCUT2D eigenvalue weighted by Gasteiger charge is 2.31. The Hall–Kier alpha value is -17.1. The molecule has 0 aliphatic carbocycles. The number of aliphatic hydroxyl groups is 1. The second-order valence-corrected chi connectivity index (χ2v) is 37.0. The van der Waals surface area contributed by atoms with Crippen LogP contribution < -0.4 is 79.8 Å². The molecule has 16 heterocycles. The molecule has 50 heteroatoms. The Morgan fingerprint density at radius 2 is 0.685 bits per heavy atom. The molecule has 10 aromatic heterocycles. The number of aromatic nitrogens is 20. The molecule has 1 atom stereocenters. The van der Waals surface area contributed by atoms with Crippen LogP contribution in [-0.2, 0) is 54.0 Å². The summed E-state index contributed by atoms with van der Waals surface area (Å²) in [7, 11) is 0. The van der Waals surface area contributed by atoms with Crippen LogP contribution >= 0.6 is 0 Å². The van der Waals surface area contributed by atoms with Crippen LogP contribution in [0.15, 0.2) is 134 Å². The maximum absolute atomic E-state index is 13.5. The molecule has 47 nitrogen and oxygen atoms in total. The van der Waals surface area contributed by atoms with Gasteiger partial charge in [0, 0.05) is 127 Å². The summed E-state index contributed by atoms with van der Waals surface area (Å²) in [4.78, 5) is 159. The van der Waals surface area contributed by atoms with Crippen molar-refractivity contribution in [2.75, 3.05) is 213 Å². The van der Waals surface area contributed by atoms with Gasteiger partial charge in [-0.05, 0) is 87.0 Å². The molecular formula is C99H108F3N35O12. The quantitative estimate of drug-likeness (QED) is 0.0379. The van der Waals surface area contributed by atoms with Crippen molar-refractivity contribution in [1.29, 1.82) is 0 Å². The number of rotatable bonds is 17. The second kappa shape index (κ2) is 45.7.